The van der Waals surface area contributed by atoms with Crippen molar-refractivity contribution in [3.05, 3.63) is 57.3 Å². The summed E-state index contributed by atoms with van der Waals surface area (Å²) in [5, 5.41) is 10.7. The van der Waals surface area contributed by atoms with E-state index >= 15 is 0 Å². The Kier molecular flexibility index (Phi) is 4.79. The van der Waals surface area contributed by atoms with Gasteiger partial charge in [-0.05, 0) is 43.3 Å². The number of halogens is 1. The molecular weight excluding hydrogens is 279 g/mol. The number of nitro benzene ring substituents is 1. The molecule has 0 spiro atoms. The van der Waals surface area contributed by atoms with E-state index in [0.717, 1.165) is 30.2 Å². The molecule has 2 rings (SSSR count). The molecule has 0 amide bonds. The normalized spacial score (nSPS) is 14.6. The van der Waals surface area contributed by atoms with E-state index in [4.69, 9.17) is 0 Å². The quantitative estimate of drug-likeness (QED) is 0.468. The minimum Gasteiger partial charge on any atom is -0.315 e. The van der Waals surface area contributed by atoms with Gasteiger partial charge in [-0.3, -0.25) is 10.1 Å². The fourth-order valence-corrected chi connectivity index (χ4v) is 2.75. The Bertz CT molecular complexity index is 572. The molecule has 1 aliphatic carbocycles. The van der Waals surface area contributed by atoms with Crippen molar-refractivity contribution < 1.29 is 9.31 Å². The summed E-state index contributed by atoms with van der Waals surface area (Å²) in [7, 11) is 1.81. The summed E-state index contributed by atoms with van der Waals surface area (Å²) in [6, 6.07) is 3.92. The SMILES string of the molecule is CN(SC1=CCCCC=C1)c1ccc(F)c([N+](=O)[O-])c1. The molecule has 106 valence electrons. The molecule has 0 unspecified atom stereocenters. The van der Waals surface area contributed by atoms with Gasteiger partial charge in [-0.15, -0.1) is 0 Å². The molecule has 0 fully saturated rings. The Balaban J connectivity index is 2.16. The molecule has 4 nitrogen and oxygen atoms in total. The van der Waals surface area contributed by atoms with Gasteiger partial charge < -0.3 is 4.31 Å². The van der Waals surface area contributed by atoms with Crippen molar-refractivity contribution in [2.24, 2.45) is 0 Å². The first-order chi connectivity index (χ1) is 9.58. The Morgan fingerprint density at radius 3 is 2.95 bits per heavy atom. The molecule has 0 atom stereocenters. The van der Waals surface area contributed by atoms with E-state index in [-0.39, 0.29) is 0 Å². The average Bonchev–Trinajstić information content (AvgIpc) is 2.67. The van der Waals surface area contributed by atoms with Crippen molar-refractivity contribution in [2.75, 3.05) is 11.4 Å². The second-order valence-electron chi connectivity index (χ2n) is 4.42. The summed E-state index contributed by atoms with van der Waals surface area (Å²) in [6.45, 7) is 0. The van der Waals surface area contributed by atoms with Crippen molar-refractivity contribution in [1.29, 1.82) is 0 Å². The Morgan fingerprint density at radius 2 is 2.20 bits per heavy atom. The van der Waals surface area contributed by atoms with Crippen LogP contribution >= 0.6 is 11.9 Å². The number of rotatable bonds is 4. The minimum atomic E-state index is -0.814. The van der Waals surface area contributed by atoms with Crippen molar-refractivity contribution in [2.45, 2.75) is 19.3 Å². The largest absolute Gasteiger partial charge is 0.315 e. The second-order valence-corrected chi connectivity index (χ2v) is 5.62. The van der Waals surface area contributed by atoms with Crippen LogP contribution in [0.1, 0.15) is 19.3 Å². The highest BCUT2D eigenvalue weighted by molar-refractivity contribution is 8.04. The average molecular weight is 294 g/mol. The summed E-state index contributed by atoms with van der Waals surface area (Å²) in [4.78, 5) is 11.1. The van der Waals surface area contributed by atoms with Crippen LogP contribution in [0.2, 0.25) is 0 Å². The lowest BCUT2D eigenvalue weighted by molar-refractivity contribution is -0.387. The fourth-order valence-electron chi connectivity index (χ4n) is 1.86. The zero-order chi connectivity index (χ0) is 14.5. The molecule has 20 heavy (non-hydrogen) atoms. The molecule has 0 bridgehead atoms. The predicted molar refractivity (Wildman–Crippen MR) is 80.1 cm³/mol. The smallest absolute Gasteiger partial charge is 0.306 e. The molecule has 1 aliphatic rings. The molecule has 0 heterocycles. The number of nitrogens with zero attached hydrogens (tertiary/aromatic N) is 2. The minimum absolute atomic E-state index is 0.500. The number of allylic oxidation sites excluding steroid dienone is 3. The van der Waals surface area contributed by atoms with Gasteiger partial charge in [-0.2, -0.15) is 4.39 Å². The standard InChI is InChI=1S/C14H15FN2O2S/c1-16(20-12-6-4-2-3-5-7-12)11-8-9-13(15)14(10-11)17(18)19/h4,6-10H,2-3,5H2,1H3. The van der Waals surface area contributed by atoms with Gasteiger partial charge in [0.15, 0.2) is 0 Å². The van der Waals surface area contributed by atoms with Crippen LogP contribution in [0, 0.1) is 15.9 Å². The Morgan fingerprint density at radius 1 is 1.40 bits per heavy atom. The van der Waals surface area contributed by atoms with E-state index in [1.54, 1.807) is 11.4 Å². The van der Waals surface area contributed by atoms with Crippen LogP contribution in [0.15, 0.2) is 41.3 Å². The maximum atomic E-state index is 13.3. The zero-order valence-electron chi connectivity index (χ0n) is 11.1. The van der Waals surface area contributed by atoms with Crippen LogP contribution in [0.3, 0.4) is 0 Å². The monoisotopic (exact) mass is 294 g/mol. The summed E-state index contributed by atoms with van der Waals surface area (Å²) in [5.41, 5.74) is 0.0991. The van der Waals surface area contributed by atoms with Crippen molar-refractivity contribution in [3.63, 3.8) is 0 Å². The van der Waals surface area contributed by atoms with Gasteiger partial charge >= 0.3 is 5.69 Å². The first-order valence-electron chi connectivity index (χ1n) is 6.30. The number of anilines is 1. The Hall–Kier alpha value is -1.82. The van der Waals surface area contributed by atoms with Crippen LogP contribution in [-0.4, -0.2) is 12.0 Å². The van der Waals surface area contributed by atoms with Crippen molar-refractivity contribution >= 4 is 23.3 Å². The van der Waals surface area contributed by atoms with Gasteiger partial charge in [0, 0.05) is 18.0 Å². The van der Waals surface area contributed by atoms with Gasteiger partial charge in [0.2, 0.25) is 5.82 Å². The Labute approximate surface area is 121 Å². The molecule has 0 radical (unpaired) electrons. The van der Waals surface area contributed by atoms with Crippen molar-refractivity contribution in [3.8, 4) is 0 Å². The highest BCUT2D eigenvalue weighted by Gasteiger charge is 2.16. The van der Waals surface area contributed by atoms with Crippen LogP contribution in [0.5, 0.6) is 0 Å². The van der Waals surface area contributed by atoms with Gasteiger partial charge in [-0.1, -0.05) is 18.2 Å². The highest BCUT2D eigenvalue weighted by Crippen LogP contribution is 2.31. The van der Waals surface area contributed by atoms with Gasteiger partial charge in [0.25, 0.3) is 0 Å². The third-order valence-corrected chi connectivity index (χ3v) is 3.93. The van der Waals surface area contributed by atoms with Gasteiger partial charge in [0.05, 0.1) is 10.6 Å². The van der Waals surface area contributed by atoms with Crippen LogP contribution in [0.4, 0.5) is 15.8 Å². The van der Waals surface area contributed by atoms with E-state index < -0.39 is 16.4 Å². The lowest BCUT2D eigenvalue weighted by atomic mass is 10.2. The summed E-state index contributed by atoms with van der Waals surface area (Å²) < 4.78 is 15.1. The molecule has 0 aliphatic heterocycles. The molecular formula is C14H15FN2O2S. The molecule has 1 aromatic rings. The third kappa shape index (κ3) is 3.60. The van der Waals surface area contributed by atoms with Crippen LogP contribution in [-0.2, 0) is 0 Å². The summed E-state index contributed by atoms with van der Waals surface area (Å²) in [6.07, 6.45) is 9.52. The first kappa shape index (κ1) is 14.6. The number of hydrogen-bond donors (Lipinski definition) is 0. The molecule has 0 aromatic heterocycles. The first-order valence-corrected chi connectivity index (χ1v) is 7.07. The fraction of sp³-hybridized carbons (Fsp3) is 0.286. The van der Waals surface area contributed by atoms with Crippen LogP contribution < -0.4 is 4.31 Å². The predicted octanol–water partition coefficient (Wildman–Crippen LogP) is 4.44. The van der Waals surface area contributed by atoms with Crippen LogP contribution in [0.25, 0.3) is 0 Å². The van der Waals surface area contributed by atoms with E-state index in [1.165, 1.54) is 24.1 Å². The molecule has 0 N–H and O–H groups in total. The lowest BCUT2D eigenvalue weighted by Crippen LogP contribution is -2.07. The maximum Gasteiger partial charge on any atom is 0.306 e. The molecule has 1 aromatic carbocycles. The van der Waals surface area contributed by atoms with Gasteiger partial charge in [-0.25, -0.2) is 0 Å². The maximum absolute atomic E-state index is 13.3. The van der Waals surface area contributed by atoms with E-state index in [0.29, 0.717) is 5.69 Å². The lowest BCUT2D eigenvalue weighted by Gasteiger charge is -2.18. The van der Waals surface area contributed by atoms with E-state index in [2.05, 4.69) is 12.2 Å². The molecule has 0 saturated carbocycles. The number of nitro groups is 1. The highest BCUT2D eigenvalue weighted by atomic mass is 32.2. The van der Waals surface area contributed by atoms with Crippen molar-refractivity contribution in [1.82, 2.24) is 0 Å². The van der Waals surface area contributed by atoms with E-state index in [9.17, 15) is 14.5 Å². The zero-order valence-corrected chi connectivity index (χ0v) is 11.9. The molecule has 0 saturated heterocycles. The van der Waals surface area contributed by atoms with Gasteiger partial charge in [0.1, 0.15) is 0 Å². The topological polar surface area (TPSA) is 46.4 Å². The number of benzene rings is 1. The number of hydrogen-bond acceptors (Lipinski definition) is 4. The summed E-state index contributed by atoms with van der Waals surface area (Å²) >= 11 is 1.48. The van der Waals surface area contributed by atoms with E-state index in [1.807, 2.05) is 6.08 Å². The second kappa shape index (κ2) is 6.56. The molecule has 6 heteroatoms. The summed E-state index contributed by atoms with van der Waals surface area (Å²) in [5.74, 6) is -0.814. The third-order valence-electron chi connectivity index (χ3n) is 2.93.